The average molecular weight is 1810 g/mol. The van der Waals surface area contributed by atoms with E-state index < -0.39 is 5.41 Å². The van der Waals surface area contributed by atoms with Crippen LogP contribution in [0.15, 0.2) is 491 Å². The van der Waals surface area contributed by atoms with Crippen LogP contribution in [0.2, 0.25) is 0 Å². The van der Waals surface area contributed by atoms with Gasteiger partial charge in [0.1, 0.15) is 0 Å². The Morgan fingerprint density at radius 1 is 0.169 bits per heavy atom. The summed E-state index contributed by atoms with van der Waals surface area (Å²) in [6.45, 7) is 4.73. The Kier molecular flexibility index (Phi) is 17.2. The van der Waals surface area contributed by atoms with Gasteiger partial charge >= 0.3 is 0 Å². The summed E-state index contributed by atoms with van der Waals surface area (Å²) in [6.07, 6.45) is 0. The lowest BCUT2D eigenvalue weighted by atomic mass is 9.64. The van der Waals surface area contributed by atoms with E-state index in [1.165, 1.54) is 241 Å². The summed E-state index contributed by atoms with van der Waals surface area (Å²) < 4.78 is 14.4. The van der Waals surface area contributed by atoms with Gasteiger partial charge in [-0.3, -0.25) is 0 Å². The normalized spacial score (nSPS) is 13.4. The Morgan fingerprint density at radius 2 is 0.493 bits per heavy atom. The Morgan fingerprint density at radius 3 is 0.965 bits per heavy atom. The number of rotatable bonds is 5. The minimum absolute atomic E-state index is 0.0216. The second kappa shape index (κ2) is 30.6. The minimum atomic E-state index is -0.576. The fourth-order valence-corrected chi connectivity index (χ4v) is 25.8. The van der Waals surface area contributed by atoms with Gasteiger partial charge in [0.15, 0.2) is 11.5 Å². The molecule has 0 atom stereocenters. The van der Waals surface area contributed by atoms with Crippen LogP contribution in [-0.4, -0.2) is 13.7 Å². The van der Waals surface area contributed by atoms with Crippen molar-refractivity contribution in [2.24, 2.45) is 0 Å². The van der Waals surface area contributed by atoms with Crippen LogP contribution >= 0.6 is 0 Å². The molecule has 662 valence electrons. The highest BCUT2D eigenvalue weighted by Gasteiger charge is 2.53. The van der Waals surface area contributed by atoms with E-state index in [2.05, 4.69) is 529 Å². The second-order valence-corrected chi connectivity index (χ2v) is 39.0. The highest BCUT2D eigenvalue weighted by Crippen LogP contribution is 2.67. The van der Waals surface area contributed by atoms with E-state index in [1.54, 1.807) is 0 Å². The van der Waals surface area contributed by atoms with Crippen molar-refractivity contribution in [1.29, 1.82) is 0 Å². The summed E-state index contributed by atoms with van der Waals surface area (Å²) in [5.41, 5.74) is 30.0. The number of hydrogen-bond acceptors (Lipinski definition) is 3. The predicted molar refractivity (Wildman–Crippen MR) is 598 cm³/mol. The fraction of sp³-hybridized carbons (Fsp3) is 0.0294. The van der Waals surface area contributed by atoms with Gasteiger partial charge in [0.25, 0.3) is 0 Å². The van der Waals surface area contributed by atoms with Crippen molar-refractivity contribution >= 4 is 196 Å². The van der Waals surface area contributed by atoms with Crippen LogP contribution in [0.4, 0.5) is 34.1 Å². The van der Waals surface area contributed by atoms with E-state index in [9.17, 15) is 0 Å². The zero-order chi connectivity index (χ0) is 93.3. The van der Waals surface area contributed by atoms with E-state index >= 15 is 0 Å². The lowest BCUT2D eigenvalue weighted by molar-refractivity contribution is 0.475. The summed E-state index contributed by atoms with van der Waals surface area (Å²) >= 11 is 0. The SMILES string of the molecule is CC1(C)c2ccccc2-c2c1ccc1c2c2ccccc2n1-c1ccc2c3ccccc3c3ccccc3c2c1.c1ccc(-n2c3ccccc3c3c4c5ccccc5n(-c5ccc6c7ccccc7c7ccccc7c6c5)c4ccc32)cc1.c1ccc(N2c3ccccc3C3(c4ccccc4-c4ccccc43)c3cc4c(cc32)N(c2ccc3c5ccccc5c5ccccc5c3c2)c2ccccc2O4)cc1. The van der Waals surface area contributed by atoms with Crippen LogP contribution in [0, 0.1) is 0 Å². The summed E-state index contributed by atoms with van der Waals surface area (Å²) in [5.74, 6) is 1.66. The third-order valence-electron chi connectivity index (χ3n) is 31.6. The average Bonchev–Trinajstić information content (AvgIpc) is 1.44. The lowest BCUT2D eigenvalue weighted by Gasteiger charge is -2.46. The molecule has 3 aromatic heterocycles. The lowest BCUT2D eigenvalue weighted by Crippen LogP contribution is -2.36. The van der Waals surface area contributed by atoms with Crippen molar-refractivity contribution in [3.8, 4) is 50.8 Å². The third-order valence-corrected chi connectivity index (χ3v) is 31.6. The molecule has 0 bridgehead atoms. The van der Waals surface area contributed by atoms with Crippen LogP contribution < -0.4 is 14.5 Å². The van der Waals surface area contributed by atoms with Crippen LogP contribution in [0.3, 0.4) is 0 Å². The molecule has 0 N–H and O–H groups in total. The molecule has 4 aliphatic rings. The van der Waals surface area contributed by atoms with Crippen LogP contribution in [0.25, 0.3) is 202 Å². The largest absolute Gasteiger partial charge is 0.453 e. The number of hydrogen-bond donors (Lipinski definition) is 0. The first kappa shape index (κ1) is 79.8. The van der Waals surface area contributed by atoms with Gasteiger partial charge in [0, 0.05) is 66.2 Å². The fourth-order valence-electron chi connectivity index (χ4n) is 25.8. The smallest absolute Gasteiger partial charge is 0.152 e. The molecule has 0 unspecified atom stereocenters. The number of ether oxygens (including phenoxy) is 1. The van der Waals surface area contributed by atoms with Crippen molar-refractivity contribution < 1.29 is 4.74 Å². The topological polar surface area (TPSA) is 30.5 Å². The van der Waals surface area contributed by atoms with Gasteiger partial charge in [-0.2, -0.15) is 0 Å². The van der Waals surface area contributed by atoms with Gasteiger partial charge in [0.05, 0.1) is 61.3 Å². The molecule has 25 aromatic carbocycles. The van der Waals surface area contributed by atoms with Crippen LogP contribution in [0.5, 0.6) is 11.5 Å². The minimum Gasteiger partial charge on any atom is -0.453 e. The Hall–Kier alpha value is -18.4. The molecule has 28 aromatic rings. The number of aromatic nitrogens is 3. The van der Waals surface area contributed by atoms with Crippen LogP contribution in [0.1, 0.15) is 47.2 Å². The van der Waals surface area contributed by atoms with Gasteiger partial charge in [-0.25, -0.2) is 0 Å². The molecule has 2 aliphatic heterocycles. The summed E-state index contributed by atoms with van der Waals surface area (Å²) in [6, 6.07) is 180. The first-order chi connectivity index (χ1) is 70.3. The number of fused-ring (bicyclic) bond motifs is 43. The molecule has 5 heterocycles. The molecule has 0 radical (unpaired) electrons. The summed E-state index contributed by atoms with van der Waals surface area (Å²) in [7, 11) is 0. The first-order valence-corrected chi connectivity index (χ1v) is 49.4. The molecule has 6 nitrogen and oxygen atoms in total. The first-order valence-electron chi connectivity index (χ1n) is 49.4. The van der Waals surface area contributed by atoms with E-state index in [-0.39, 0.29) is 5.41 Å². The number of anilines is 6. The van der Waals surface area contributed by atoms with Crippen molar-refractivity contribution in [3.63, 3.8) is 0 Å². The zero-order valence-electron chi connectivity index (χ0n) is 77.9. The molecule has 142 heavy (non-hydrogen) atoms. The zero-order valence-corrected chi connectivity index (χ0v) is 77.9. The van der Waals surface area contributed by atoms with Crippen molar-refractivity contribution in [3.05, 3.63) is 525 Å². The molecule has 1 spiro atoms. The molecule has 6 heteroatoms. The van der Waals surface area contributed by atoms with Gasteiger partial charge in [-0.15, -0.1) is 0 Å². The second-order valence-electron chi connectivity index (χ2n) is 39.0. The summed E-state index contributed by atoms with van der Waals surface area (Å²) in [5, 5.41) is 30.9. The number of nitrogens with zero attached hydrogens (tertiary/aromatic N) is 5. The molecule has 0 saturated carbocycles. The molecule has 2 aliphatic carbocycles. The molecular formula is C136H87N5O. The van der Waals surface area contributed by atoms with Crippen molar-refractivity contribution in [2.75, 3.05) is 9.80 Å². The van der Waals surface area contributed by atoms with Crippen molar-refractivity contribution in [2.45, 2.75) is 24.7 Å². The Labute approximate surface area is 819 Å². The summed E-state index contributed by atoms with van der Waals surface area (Å²) in [4.78, 5) is 4.86. The van der Waals surface area contributed by atoms with Crippen LogP contribution in [-0.2, 0) is 10.8 Å². The number of para-hydroxylation sites is 8. The Bertz CT molecular complexity index is 10200. The molecule has 32 rings (SSSR count). The molecular weight excluding hydrogens is 1720 g/mol. The molecule has 0 saturated heterocycles. The highest BCUT2D eigenvalue weighted by atomic mass is 16.5. The number of benzene rings is 25. The third kappa shape index (κ3) is 11.3. The maximum atomic E-state index is 7.06. The molecule has 0 fully saturated rings. The van der Waals surface area contributed by atoms with Gasteiger partial charge in [-0.05, 0) is 280 Å². The van der Waals surface area contributed by atoms with Crippen molar-refractivity contribution in [1.82, 2.24) is 13.7 Å². The maximum Gasteiger partial charge on any atom is 0.152 e. The van der Waals surface area contributed by atoms with Gasteiger partial charge < -0.3 is 28.2 Å². The van der Waals surface area contributed by atoms with Gasteiger partial charge in [-0.1, -0.05) is 378 Å². The van der Waals surface area contributed by atoms with Gasteiger partial charge in [0.2, 0.25) is 0 Å². The van der Waals surface area contributed by atoms with E-state index in [1.807, 2.05) is 0 Å². The molecule has 0 amide bonds. The monoisotopic (exact) mass is 1810 g/mol. The predicted octanol–water partition coefficient (Wildman–Crippen LogP) is 36.8. The van der Waals surface area contributed by atoms with E-state index in [0.29, 0.717) is 0 Å². The standard InChI is InChI=1S/C55H34N2O.C42H26N2.C39H27N/c1-2-16-35(17-3-1)56-49-27-13-12-26-47(49)55(45-24-10-8-22-42(45)43-23-9-11-25-46(43)55)48-33-54-52(34-51(48)56)57(50-28-14-15-29-53(50)58-54)36-30-31-41-39-20-5-4-18-37(39)38-19-6-7-21-40(38)44(41)32-36;1-2-12-27(13-3-1)43-37-20-10-8-18-34(37)41-39(43)24-25-40-42(41)35-19-9-11-21-38(35)44(40)28-22-23-33-31-16-5-4-14-29(31)30-15-6-7-17-32(30)36(33)26-28;1-39(2)33-17-9-7-15-30(33)37-34(39)21-22-36-38(37)31-16-8-10-18-35(31)40(36)24-19-20-29-27-13-4-3-11-25(27)26-12-5-6-14-28(26)32(29)23-24/h1-34H;1-26H;3-23H,1-2H3. The van der Waals surface area contributed by atoms with E-state index in [0.717, 1.165) is 39.9 Å². The van der Waals surface area contributed by atoms with E-state index in [4.69, 9.17) is 4.74 Å². The quantitative estimate of drug-likeness (QED) is 0.161. The maximum absolute atomic E-state index is 7.06. The highest BCUT2D eigenvalue weighted by molar-refractivity contribution is 6.32. The Balaban J connectivity index is 0.000000102.